The minimum absolute atomic E-state index is 0.0939. The zero-order chi connectivity index (χ0) is 13.3. The van der Waals surface area contributed by atoms with Crippen molar-refractivity contribution in [1.29, 1.82) is 0 Å². The Labute approximate surface area is 102 Å². The van der Waals surface area contributed by atoms with E-state index >= 15 is 0 Å². The largest absolute Gasteiger partial charge is 0.480 e. The SMILES string of the molecule is Cc1cc(C(=O)N2CC(=O)NCC2C(=O)O)n[nH]1. The van der Waals surface area contributed by atoms with Gasteiger partial charge in [0.15, 0.2) is 0 Å². The predicted molar refractivity (Wildman–Crippen MR) is 58.8 cm³/mol. The van der Waals surface area contributed by atoms with Crippen LogP contribution in [0.4, 0.5) is 0 Å². The predicted octanol–water partition coefficient (Wildman–Crippen LogP) is -1.26. The van der Waals surface area contributed by atoms with Crippen LogP contribution in [0.15, 0.2) is 6.07 Å². The van der Waals surface area contributed by atoms with Crippen LogP contribution in [0.1, 0.15) is 16.2 Å². The molecule has 1 aliphatic rings. The fraction of sp³-hybridized carbons (Fsp3) is 0.400. The number of aromatic nitrogens is 2. The highest BCUT2D eigenvalue weighted by Crippen LogP contribution is 2.10. The summed E-state index contributed by atoms with van der Waals surface area (Å²) >= 11 is 0. The van der Waals surface area contributed by atoms with Crippen molar-refractivity contribution in [3.63, 3.8) is 0 Å². The van der Waals surface area contributed by atoms with Crippen LogP contribution >= 0.6 is 0 Å². The van der Waals surface area contributed by atoms with Gasteiger partial charge in [0.2, 0.25) is 5.91 Å². The van der Waals surface area contributed by atoms with Gasteiger partial charge in [-0.15, -0.1) is 0 Å². The molecule has 0 aliphatic carbocycles. The number of carboxylic acids is 1. The van der Waals surface area contributed by atoms with E-state index < -0.39 is 17.9 Å². The monoisotopic (exact) mass is 252 g/mol. The molecule has 1 fully saturated rings. The highest BCUT2D eigenvalue weighted by Gasteiger charge is 2.36. The van der Waals surface area contributed by atoms with Gasteiger partial charge in [-0.3, -0.25) is 14.7 Å². The average Bonchev–Trinajstić information content (AvgIpc) is 2.74. The molecule has 1 aliphatic heterocycles. The number of aromatic amines is 1. The third-order valence-electron chi connectivity index (χ3n) is 2.65. The van der Waals surface area contributed by atoms with E-state index in [1.807, 2.05) is 0 Å². The van der Waals surface area contributed by atoms with Crippen LogP contribution in [-0.4, -0.2) is 57.1 Å². The van der Waals surface area contributed by atoms with E-state index in [9.17, 15) is 14.4 Å². The molecule has 18 heavy (non-hydrogen) atoms. The number of hydrogen-bond donors (Lipinski definition) is 3. The molecule has 1 aromatic rings. The molecule has 1 aromatic heterocycles. The molecule has 0 bridgehead atoms. The van der Waals surface area contributed by atoms with Crippen LogP contribution in [0.3, 0.4) is 0 Å². The van der Waals surface area contributed by atoms with Crippen molar-refractivity contribution in [2.24, 2.45) is 0 Å². The number of carbonyl (C=O) groups is 3. The first-order valence-corrected chi connectivity index (χ1v) is 5.31. The second kappa shape index (κ2) is 4.47. The van der Waals surface area contributed by atoms with E-state index in [2.05, 4.69) is 15.5 Å². The number of amides is 2. The standard InChI is InChI=1S/C10H12N4O4/c1-5-2-6(13-12-5)9(16)14-4-8(15)11-3-7(14)10(17)18/h2,7H,3-4H2,1H3,(H,11,15)(H,12,13)(H,17,18). The highest BCUT2D eigenvalue weighted by atomic mass is 16.4. The zero-order valence-electron chi connectivity index (χ0n) is 9.64. The van der Waals surface area contributed by atoms with Gasteiger partial charge in [0.25, 0.3) is 5.91 Å². The zero-order valence-corrected chi connectivity index (χ0v) is 9.64. The lowest BCUT2D eigenvalue weighted by molar-refractivity contribution is -0.144. The molecule has 0 aromatic carbocycles. The minimum atomic E-state index is -1.16. The molecule has 3 N–H and O–H groups in total. The molecule has 1 unspecified atom stereocenters. The Kier molecular flexibility index (Phi) is 3.00. The molecule has 1 saturated heterocycles. The summed E-state index contributed by atoms with van der Waals surface area (Å²) in [5, 5.41) is 17.8. The molecule has 8 nitrogen and oxygen atoms in total. The van der Waals surface area contributed by atoms with Gasteiger partial charge >= 0.3 is 5.97 Å². The van der Waals surface area contributed by atoms with Crippen LogP contribution < -0.4 is 5.32 Å². The van der Waals surface area contributed by atoms with E-state index in [0.29, 0.717) is 5.69 Å². The van der Waals surface area contributed by atoms with Crippen LogP contribution in [0.5, 0.6) is 0 Å². The molecular weight excluding hydrogens is 240 g/mol. The maximum absolute atomic E-state index is 12.1. The molecule has 8 heteroatoms. The van der Waals surface area contributed by atoms with E-state index in [1.54, 1.807) is 6.92 Å². The third-order valence-corrected chi connectivity index (χ3v) is 2.65. The number of hydrogen-bond acceptors (Lipinski definition) is 4. The quantitative estimate of drug-likeness (QED) is 0.608. The molecular formula is C10H12N4O4. The maximum Gasteiger partial charge on any atom is 0.328 e. The fourth-order valence-electron chi connectivity index (χ4n) is 1.75. The number of nitrogens with zero attached hydrogens (tertiary/aromatic N) is 2. The van der Waals surface area contributed by atoms with E-state index in [1.165, 1.54) is 6.07 Å². The molecule has 0 spiro atoms. The molecule has 0 radical (unpaired) electrons. The first-order valence-electron chi connectivity index (χ1n) is 5.31. The summed E-state index contributed by atoms with van der Waals surface area (Å²) in [6, 6.07) is 0.445. The van der Waals surface area contributed by atoms with Crippen molar-refractivity contribution < 1.29 is 19.5 Å². The number of piperazine rings is 1. The lowest BCUT2D eigenvalue weighted by Crippen LogP contribution is -2.59. The van der Waals surface area contributed by atoms with E-state index in [4.69, 9.17) is 5.11 Å². The van der Waals surface area contributed by atoms with Gasteiger partial charge in [0.1, 0.15) is 18.3 Å². The van der Waals surface area contributed by atoms with Crippen molar-refractivity contribution in [3.8, 4) is 0 Å². The number of carbonyl (C=O) groups excluding carboxylic acids is 2. The Bertz CT molecular complexity index is 510. The normalized spacial score (nSPS) is 19.5. The average molecular weight is 252 g/mol. The summed E-state index contributed by atoms with van der Waals surface area (Å²) in [7, 11) is 0. The van der Waals surface area contributed by atoms with Crippen molar-refractivity contribution in [1.82, 2.24) is 20.4 Å². The molecule has 1 atom stereocenters. The lowest BCUT2D eigenvalue weighted by atomic mass is 10.1. The number of aryl methyl sites for hydroxylation is 1. The number of nitrogens with one attached hydrogen (secondary N) is 2. The van der Waals surface area contributed by atoms with Gasteiger partial charge in [-0.2, -0.15) is 5.10 Å². The van der Waals surface area contributed by atoms with Crippen molar-refractivity contribution in [2.75, 3.05) is 13.1 Å². The minimum Gasteiger partial charge on any atom is -0.480 e. The molecule has 2 rings (SSSR count). The summed E-state index contributed by atoms with van der Waals surface area (Å²) < 4.78 is 0. The number of H-pyrrole nitrogens is 1. The Morgan fingerprint density at radius 3 is 2.83 bits per heavy atom. The van der Waals surface area contributed by atoms with Gasteiger partial charge in [0, 0.05) is 12.2 Å². The topological polar surface area (TPSA) is 115 Å². The lowest BCUT2D eigenvalue weighted by Gasteiger charge is -2.32. The second-order valence-electron chi connectivity index (χ2n) is 4.03. The second-order valence-corrected chi connectivity index (χ2v) is 4.03. The highest BCUT2D eigenvalue weighted by molar-refractivity contribution is 5.98. The summed E-state index contributed by atoms with van der Waals surface area (Å²) in [4.78, 5) is 35.4. The molecule has 2 amide bonds. The van der Waals surface area contributed by atoms with Crippen molar-refractivity contribution in [3.05, 3.63) is 17.5 Å². The smallest absolute Gasteiger partial charge is 0.328 e. The Morgan fingerprint density at radius 1 is 1.56 bits per heavy atom. The molecule has 0 saturated carbocycles. The van der Waals surface area contributed by atoms with Crippen molar-refractivity contribution in [2.45, 2.75) is 13.0 Å². The third kappa shape index (κ3) is 2.17. The Morgan fingerprint density at radius 2 is 2.28 bits per heavy atom. The van der Waals surface area contributed by atoms with Gasteiger partial charge < -0.3 is 15.3 Å². The van der Waals surface area contributed by atoms with Crippen LogP contribution in [0.2, 0.25) is 0 Å². The van der Waals surface area contributed by atoms with Gasteiger partial charge in [0.05, 0.1) is 0 Å². The van der Waals surface area contributed by atoms with Crippen LogP contribution in [0, 0.1) is 6.92 Å². The van der Waals surface area contributed by atoms with E-state index in [-0.39, 0.29) is 24.7 Å². The Balaban J connectivity index is 2.25. The first kappa shape index (κ1) is 12.1. The van der Waals surface area contributed by atoms with Gasteiger partial charge in [-0.05, 0) is 13.0 Å². The Hall–Kier alpha value is -2.38. The maximum atomic E-state index is 12.1. The summed E-state index contributed by atoms with van der Waals surface area (Å²) in [5.74, 6) is -2.11. The van der Waals surface area contributed by atoms with Gasteiger partial charge in [-0.25, -0.2) is 4.79 Å². The number of rotatable bonds is 2. The number of carboxylic acid groups (broad SMARTS) is 1. The summed E-state index contributed by atoms with van der Waals surface area (Å²) in [5.41, 5.74) is 0.792. The van der Waals surface area contributed by atoms with Crippen LogP contribution in [0.25, 0.3) is 0 Å². The van der Waals surface area contributed by atoms with Crippen LogP contribution in [-0.2, 0) is 9.59 Å². The van der Waals surface area contributed by atoms with Gasteiger partial charge in [-0.1, -0.05) is 0 Å². The summed E-state index contributed by atoms with van der Waals surface area (Å²) in [6.45, 7) is 1.35. The van der Waals surface area contributed by atoms with E-state index in [0.717, 1.165) is 4.90 Å². The van der Waals surface area contributed by atoms with Crippen molar-refractivity contribution >= 4 is 17.8 Å². The first-order chi connectivity index (χ1) is 8.49. The molecule has 2 heterocycles. The number of aliphatic carboxylic acids is 1. The summed E-state index contributed by atoms with van der Waals surface area (Å²) in [6.07, 6.45) is 0. The fourth-order valence-corrected chi connectivity index (χ4v) is 1.75. The molecule has 96 valence electrons.